The van der Waals surface area contributed by atoms with Crippen LogP contribution in [0.2, 0.25) is 0 Å². The molecule has 4 rings (SSSR count). The second-order valence-corrected chi connectivity index (χ2v) is 10.5. The molecule has 2 amide bonds. The van der Waals surface area contributed by atoms with Crippen LogP contribution in [0, 0.1) is 0 Å². The number of benzene rings is 2. The van der Waals surface area contributed by atoms with Gasteiger partial charge in [0.05, 0.1) is 10.6 Å². The summed E-state index contributed by atoms with van der Waals surface area (Å²) in [5.41, 5.74) is 3.58. The summed E-state index contributed by atoms with van der Waals surface area (Å²) in [6.45, 7) is 2.93. The van der Waals surface area contributed by atoms with E-state index >= 15 is 0 Å². The van der Waals surface area contributed by atoms with Crippen molar-refractivity contribution < 1.29 is 18.0 Å². The highest BCUT2D eigenvalue weighted by Crippen LogP contribution is 2.36. The van der Waals surface area contributed by atoms with Crippen LogP contribution in [0.25, 0.3) is 0 Å². The highest BCUT2D eigenvalue weighted by Gasteiger charge is 2.30. The summed E-state index contributed by atoms with van der Waals surface area (Å²) in [5, 5.41) is 0. The average Bonchev–Trinajstić information content (AvgIpc) is 3.34. The fraction of sp³-hybridized carbons (Fsp3) is 0.364. The smallest absolute Gasteiger partial charge is 0.228 e. The van der Waals surface area contributed by atoms with Crippen LogP contribution in [0.15, 0.2) is 45.8 Å². The summed E-state index contributed by atoms with van der Waals surface area (Å²) in [5.74, 6) is -0.491. The van der Waals surface area contributed by atoms with Gasteiger partial charge in [0, 0.05) is 41.8 Å². The van der Waals surface area contributed by atoms with Gasteiger partial charge < -0.3 is 9.80 Å². The van der Waals surface area contributed by atoms with Gasteiger partial charge in [0.15, 0.2) is 9.84 Å². The SMILES string of the molecule is CCC(=O)N1CCc2cc(Br)c(S(=O)(=O)CCC(=O)N3CCc4ccccc43)cc21. The Morgan fingerprint density at radius 1 is 0.967 bits per heavy atom. The van der Waals surface area contributed by atoms with Crippen molar-refractivity contribution in [1.82, 2.24) is 0 Å². The van der Waals surface area contributed by atoms with Gasteiger partial charge in [-0.1, -0.05) is 25.1 Å². The highest BCUT2D eigenvalue weighted by molar-refractivity contribution is 9.10. The monoisotopic (exact) mass is 490 g/mol. The maximum absolute atomic E-state index is 13.1. The predicted molar refractivity (Wildman–Crippen MR) is 120 cm³/mol. The molecule has 6 nitrogen and oxygen atoms in total. The lowest BCUT2D eigenvalue weighted by molar-refractivity contribution is -0.119. The van der Waals surface area contributed by atoms with Crippen LogP contribution in [-0.4, -0.2) is 39.1 Å². The van der Waals surface area contributed by atoms with Gasteiger partial charge in [0.2, 0.25) is 11.8 Å². The zero-order chi connectivity index (χ0) is 21.5. The molecule has 2 aromatic rings. The van der Waals surface area contributed by atoms with Crippen LogP contribution in [0.5, 0.6) is 0 Å². The van der Waals surface area contributed by atoms with Crippen LogP contribution >= 0.6 is 15.9 Å². The lowest BCUT2D eigenvalue weighted by atomic mass is 10.2. The van der Waals surface area contributed by atoms with Gasteiger partial charge in [-0.25, -0.2) is 8.42 Å². The summed E-state index contributed by atoms with van der Waals surface area (Å²) in [6.07, 6.45) is 1.76. The molecule has 0 aromatic heterocycles. The first-order chi connectivity index (χ1) is 14.3. The van der Waals surface area contributed by atoms with E-state index in [2.05, 4.69) is 15.9 Å². The first-order valence-corrected chi connectivity index (χ1v) is 12.5. The van der Waals surface area contributed by atoms with Crippen molar-refractivity contribution in [2.75, 3.05) is 28.6 Å². The molecule has 0 saturated heterocycles. The lowest BCUT2D eigenvalue weighted by Crippen LogP contribution is -2.30. The molecular weight excluding hydrogens is 468 g/mol. The minimum Gasteiger partial charge on any atom is -0.312 e. The van der Waals surface area contributed by atoms with Gasteiger partial charge in [-0.2, -0.15) is 0 Å². The Bertz CT molecular complexity index is 1130. The number of sulfone groups is 1. The third-order valence-electron chi connectivity index (χ3n) is 5.74. The van der Waals surface area contributed by atoms with E-state index in [9.17, 15) is 18.0 Å². The molecule has 2 aromatic carbocycles. The molecule has 0 atom stereocenters. The van der Waals surface area contributed by atoms with E-state index in [-0.39, 0.29) is 28.9 Å². The van der Waals surface area contributed by atoms with Gasteiger partial charge in [0.25, 0.3) is 0 Å². The summed E-state index contributed by atoms with van der Waals surface area (Å²) < 4.78 is 26.6. The number of rotatable bonds is 5. The summed E-state index contributed by atoms with van der Waals surface area (Å²) in [6, 6.07) is 11.1. The molecule has 2 heterocycles. The number of hydrogen-bond acceptors (Lipinski definition) is 4. The molecule has 0 aliphatic carbocycles. The van der Waals surface area contributed by atoms with Crippen LogP contribution in [0.1, 0.15) is 30.9 Å². The third-order valence-corrected chi connectivity index (χ3v) is 8.41. The van der Waals surface area contributed by atoms with E-state index in [1.165, 1.54) is 0 Å². The van der Waals surface area contributed by atoms with Crippen LogP contribution in [-0.2, 0) is 32.3 Å². The van der Waals surface area contributed by atoms with Crippen molar-refractivity contribution in [3.8, 4) is 0 Å². The van der Waals surface area contributed by atoms with E-state index in [4.69, 9.17) is 0 Å². The molecule has 0 radical (unpaired) electrons. The van der Waals surface area contributed by atoms with E-state index in [0.717, 1.165) is 23.2 Å². The lowest BCUT2D eigenvalue weighted by Gasteiger charge is -2.19. The van der Waals surface area contributed by atoms with Crippen molar-refractivity contribution in [2.45, 2.75) is 37.5 Å². The fourth-order valence-corrected chi connectivity index (χ4v) is 6.58. The molecule has 0 spiro atoms. The third kappa shape index (κ3) is 3.78. The number of anilines is 2. The maximum Gasteiger partial charge on any atom is 0.228 e. The molecule has 0 bridgehead atoms. The van der Waals surface area contributed by atoms with E-state index in [1.807, 2.05) is 24.3 Å². The molecule has 2 aliphatic heterocycles. The molecule has 2 aliphatic rings. The zero-order valence-electron chi connectivity index (χ0n) is 16.7. The van der Waals surface area contributed by atoms with Crippen molar-refractivity contribution in [1.29, 1.82) is 0 Å². The molecule has 0 fully saturated rings. The Morgan fingerprint density at radius 3 is 2.37 bits per heavy atom. The Balaban J connectivity index is 1.53. The average molecular weight is 491 g/mol. The number of para-hydroxylation sites is 1. The van der Waals surface area contributed by atoms with E-state index in [1.54, 1.807) is 28.9 Å². The first kappa shape index (κ1) is 21.1. The summed E-state index contributed by atoms with van der Waals surface area (Å²) >= 11 is 3.38. The van der Waals surface area contributed by atoms with Gasteiger partial charge in [-0.05, 0) is 58.1 Å². The molecule has 30 heavy (non-hydrogen) atoms. The Kier molecular flexibility index (Phi) is 5.72. The quantitative estimate of drug-likeness (QED) is 0.642. The minimum atomic E-state index is -3.70. The summed E-state index contributed by atoms with van der Waals surface area (Å²) in [7, 11) is -3.70. The first-order valence-electron chi connectivity index (χ1n) is 10.1. The van der Waals surface area contributed by atoms with Gasteiger partial charge in [-0.3, -0.25) is 9.59 Å². The van der Waals surface area contributed by atoms with Gasteiger partial charge in [0.1, 0.15) is 0 Å². The maximum atomic E-state index is 13.1. The van der Waals surface area contributed by atoms with Crippen molar-refractivity contribution in [2.24, 2.45) is 0 Å². The topological polar surface area (TPSA) is 74.8 Å². The van der Waals surface area contributed by atoms with E-state index in [0.29, 0.717) is 36.1 Å². The number of hydrogen-bond donors (Lipinski definition) is 0. The number of nitrogens with zero attached hydrogens (tertiary/aromatic N) is 2. The largest absolute Gasteiger partial charge is 0.312 e. The molecule has 0 N–H and O–H groups in total. The minimum absolute atomic E-state index is 0.0257. The van der Waals surface area contributed by atoms with Crippen LogP contribution < -0.4 is 9.80 Å². The number of halogens is 1. The molecule has 8 heteroatoms. The van der Waals surface area contributed by atoms with Crippen molar-refractivity contribution in [3.63, 3.8) is 0 Å². The molecular formula is C22H23BrN2O4S. The molecule has 0 unspecified atom stereocenters. The number of carbonyl (C=O) groups is 2. The van der Waals surface area contributed by atoms with Gasteiger partial charge >= 0.3 is 0 Å². The normalized spacial score (nSPS) is 15.3. The summed E-state index contributed by atoms with van der Waals surface area (Å²) in [4.78, 5) is 28.4. The Morgan fingerprint density at radius 2 is 1.63 bits per heavy atom. The molecule has 0 saturated carbocycles. The van der Waals surface area contributed by atoms with Crippen molar-refractivity contribution in [3.05, 3.63) is 52.0 Å². The van der Waals surface area contributed by atoms with Crippen molar-refractivity contribution >= 4 is 49.0 Å². The number of carbonyl (C=O) groups excluding carboxylic acids is 2. The second kappa shape index (κ2) is 8.15. The Hall–Kier alpha value is -2.19. The zero-order valence-corrected chi connectivity index (χ0v) is 19.1. The van der Waals surface area contributed by atoms with Crippen LogP contribution in [0.4, 0.5) is 11.4 Å². The number of fused-ring (bicyclic) bond motifs is 2. The fourth-order valence-electron chi connectivity index (χ4n) is 4.14. The Labute approximate surface area is 184 Å². The van der Waals surface area contributed by atoms with E-state index < -0.39 is 9.84 Å². The number of amides is 2. The second-order valence-electron chi connectivity index (χ2n) is 7.55. The predicted octanol–water partition coefficient (Wildman–Crippen LogP) is 3.50. The molecule has 158 valence electrons. The van der Waals surface area contributed by atoms with Gasteiger partial charge in [-0.15, -0.1) is 0 Å². The van der Waals surface area contributed by atoms with Crippen LogP contribution in [0.3, 0.4) is 0 Å². The standard InChI is InChI=1S/C22H23BrN2O4S/c1-2-21(26)25-11-8-16-13-17(23)20(14-19(16)25)30(28,29)12-9-22(27)24-10-7-15-5-3-4-6-18(15)24/h3-6,13-14H,2,7-12H2,1H3. The highest BCUT2D eigenvalue weighted by atomic mass is 79.9.